The highest BCUT2D eigenvalue weighted by molar-refractivity contribution is 5.56. The molecule has 2 aliphatic rings. The number of benzene rings is 2. The fourth-order valence-electron chi connectivity index (χ4n) is 3.71. The van der Waals surface area contributed by atoms with Gasteiger partial charge in [-0.05, 0) is 54.5 Å². The summed E-state index contributed by atoms with van der Waals surface area (Å²) in [5.41, 5.74) is 5.59. The molecule has 2 unspecified atom stereocenters. The average molecular weight is 279 g/mol. The van der Waals surface area contributed by atoms with Gasteiger partial charge in [0.05, 0.1) is 6.61 Å². The smallest absolute Gasteiger partial charge is 0.122 e. The van der Waals surface area contributed by atoms with Crippen LogP contribution in [0.3, 0.4) is 0 Å². The fraction of sp³-hybridized carbons (Fsp3) is 0.368. The average Bonchev–Trinajstić information content (AvgIpc) is 2.94. The maximum atomic E-state index is 5.61. The summed E-state index contributed by atoms with van der Waals surface area (Å²) in [6.07, 6.45) is 3.38. The molecular formula is C19H21NO. The molecular weight excluding hydrogens is 258 g/mol. The normalized spacial score (nSPS) is 22.9. The molecule has 21 heavy (non-hydrogen) atoms. The van der Waals surface area contributed by atoms with Crippen LogP contribution in [0.15, 0.2) is 42.5 Å². The lowest BCUT2D eigenvalue weighted by molar-refractivity contribution is 0.357. The highest BCUT2D eigenvalue weighted by atomic mass is 16.5. The molecule has 0 fully saturated rings. The molecule has 2 aromatic rings. The second-order valence-electron chi connectivity index (χ2n) is 6.31. The molecule has 0 spiro atoms. The number of anilines is 1. The summed E-state index contributed by atoms with van der Waals surface area (Å²) in [4.78, 5) is 0. The minimum atomic E-state index is 0.544. The van der Waals surface area contributed by atoms with E-state index in [0.717, 1.165) is 25.2 Å². The van der Waals surface area contributed by atoms with Crippen LogP contribution in [0.5, 0.6) is 5.75 Å². The molecule has 2 aliphatic heterocycles. The molecule has 2 heteroatoms. The van der Waals surface area contributed by atoms with Crippen molar-refractivity contribution in [2.45, 2.75) is 38.1 Å². The van der Waals surface area contributed by atoms with Crippen LogP contribution in [0, 0.1) is 0 Å². The molecule has 0 radical (unpaired) electrons. The lowest BCUT2D eigenvalue weighted by Crippen LogP contribution is -2.26. The van der Waals surface area contributed by atoms with Crippen LogP contribution in [0.2, 0.25) is 0 Å². The molecule has 2 heterocycles. The molecule has 2 aromatic carbocycles. The third-order valence-electron chi connectivity index (χ3n) is 4.68. The first kappa shape index (κ1) is 12.8. The molecule has 0 aliphatic carbocycles. The van der Waals surface area contributed by atoms with Crippen LogP contribution in [0.1, 0.15) is 36.0 Å². The van der Waals surface area contributed by atoms with Crippen molar-refractivity contribution < 1.29 is 4.74 Å². The van der Waals surface area contributed by atoms with Crippen LogP contribution in [-0.2, 0) is 12.8 Å². The van der Waals surface area contributed by atoms with Gasteiger partial charge >= 0.3 is 0 Å². The number of fused-ring (bicyclic) bond motifs is 2. The van der Waals surface area contributed by atoms with Crippen molar-refractivity contribution in [1.29, 1.82) is 0 Å². The van der Waals surface area contributed by atoms with Gasteiger partial charge in [0.25, 0.3) is 0 Å². The first-order valence-corrected chi connectivity index (χ1v) is 7.89. The van der Waals surface area contributed by atoms with Crippen molar-refractivity contribution in [1.82, 2.24) is 0 Å². The van der Waals surface area contributed by atoms with E-state index < -0.39 is 0 Å². The second kappa shape index (κ2) is 5.10. The van der Waals surface area contributed by atoms with E-state index in [4.69, 9.17) is 4.74 Å². The van der Waals surface area contributed by atoms with Crippen molar-refractivity contribution in [3.8, 4) is 5.75 Å². The predicted molar refractivity (Wildman–Crippen MR) is 86.2 cm³/mol. The SMILES string of the molecule is CC1CC(Cc2ccc3c(c2)CCO3)c2ccccc2N1. The lowest BCUT2D eigenvalue weighted by Gasteiger charge is -2.31. The van der Waals surface area contributed by atoms with Crippen LogP contribution in [-0.4, -0.2) is 12.6 Å². The molecule has 0 saturated heterocycles. The Labute approximate surface area is 126 Å². The van der Waals surface area contributed by atoms with E-state index in [2.05, 4.69) is 54.7 Å². The number of rotatable bonds is 2. The van der Waals surface area contributed by atoms with Crippen molar-refractivity contribution in [2.75, 3.05) is 11.9 Å². The minimum absolute atomic E-state index is 0.544. The van der Waals surface area contributed by atoms with Gasteiger partial charge in [0.2, 0.25) is 0 Å². The van der Waals surface area contributed by atoms with Gasteiger partial charge in [-0.3, -0.25) is 0 Å². The maximum absolute atomic E-state index is 5.61. The molecule has 4 rings (SSSR count). The standard InChI is InChI=1S/C19H21NO/c1-13-10-16(17-4-2-3-5-18(17)20-13)12-14-6-7-19-15(11-14)8-9-21-19/h2-7,11,13,16,20H,8-10,12H2,1H3. The summed E-state index contributed by atoms with van der Waals surface area (Å²) < 4.78 is 5.61. The van der Waals surface area contributed by atoms with Crippen molar-refractivity contribution in [2.24, 2.45) is 0 Å². The van der Waals surface area contributed by atoms with Gasteiger partial charge < -0.3 is 10.1 Å². The van der Waals surface area contributed by atoms with Gasteiger partial charge in [0.1, 0.15) is 5.75 Å². The third-order valence-corrected chi connectivity index (χ3v) is 4.68. The Morgan fingerprint density at radius 1 is 1.19 bits per heavy atom. The summed E-state index contributed by atoms with van der Waals surface area (Å²) in [7, 11) is 0. The Morgan fingerprint density at radius 3 is 3.05 bits per heavy atom. The molecule has 0 amide bonds. The first-order valence-electron chi connectivity index (χ1n) is 7.89. The number of ether oxygens (including phenoxy) is 1. The van der Waals surface area contributed by atoms with Gasteiger partial charge in [-0.2, -0.15) is 0 Å². The van der Waals surface area contributed by atoms with Crippen LogP contribution < -0.4 is 10.1 Å². The summed E-state index contributed by atoms with van der Waals surface area (Å²) in [6.45, 7) is 3.12. The van der Waals surface area contributed by atoms with E-state index in [1.165, 1.54) is 28.8 Å². The van der Waals surface area contributed by atoms with Gasteiger partial charge in [0.15, 0.2) is 0 Å². The summed E-state index contributed by atoms with van der Waals surface area (Å²) >= 11 is 0. The predicted octanol–water partition coefficient (Wildman–Crippen LogP) is 4.15. The quantitative estimate of drug-likeness (QED) is 0.891. The Balaban J connectivity index is 1.62. The molecule has 1 N–H and O–H groups in total. The second-order valence-corrected chi connectivity index (χ2v) is 6.31. The summed E-state index contributed by atoms with van der Waals surface area (Å²) in [5, 5.41) is 3.60. The summed E-state index contributed by atoms with van der Waals surface area (Å²) in [5.74, 6) is 1.69. The Hall–Kier alpha value is -1.96. The largest absolute Gasteiger partial charge is 0.493 e. The van der Waals surface area contributed by atoms with Crippen LogP contribution >= 0.6 is 0 Å². The highest BCUT2D eigenvalue weighted by Gasteiger charge is 2.24. The van der Waals surface area contributed by atoms with E-state index in [0.29, 0.717) is 12.0 Å². The molecule has 0 saturated carbocycles. The monoisotopic (exact) mass is 279 g/mol. The number of hydrogen-bond donors (Lipinski definition) is 1. The maximum Gasteiger partial charge on any atom is 0.122 e. The molecule has 0 bridgehead atoms. The topological polar surface area (TPSA) is 21.3 Å². The fourth-order valence-corrected chi connectivity index (χ4v) is 3.71. The molecule has 108 valence electrons. The minimum Gasteiger partial charge on any atom is -0.493 e. The Morgan fingerprint density at radius 2 is 2.10 bits per heavy atom. The van der Waals surface area contributed by atoms with Gasteiger partial charge in [-0.25, -0.2) is 0 Å². The zero-order valence-corrected chi connectivity index (χ0v) is 12.4. The van der Waals surface area contributed by atoms with Crippen LogP contribution in [0.25, 0.3) is 0 Å². The Kier molecular flexibility index (Phi) is 3.10. The van der Waals surface area contributed by atoms with E-state index in [-0.39, 0.29) is 0 Å². The highest BCUT2D eigenvalue weighted by Crippen LogP contribution is 2.37. The molecule has 2 nitrogen and oxygen atoms in total. The zero-order chi connectivity index (χ0) is 14.2. The van der Waals surface area contributed by atoms with Crippen LogP contribution in [0.4, 0.5) is 5.69 Å². The van der Waals surface area contributed by atoms with Crippen molar-refractivity contribution in [3.05, 3.63) is 59.2 Å². The number of para-hydroxylation sites is 1. The number of nitrogens with one attached hydrogen (secondary N) is 1. The number of hydrogen-bond acceptors (Lipinski definition) is 2. The van der Waals surface area contributed by atoms with E-state index >= 15 is 0 Å². The van der Waals surface area contributed by atoms with Gasteiger partial charge in [-0.15, -0.1) is 0 Å². The lowest BCUT2D eigenvalue weighted by atomic mass is 9.83. The molecule has 0 aromatic heterocycles. The van der Waals surface area contributed by atoms with Gasteiger partial charge in [0, 0.05) is 18.2 Å². The van der Waals surface area contributed by atoms with Crippen molar-refractivity contribution in [3.63, 3.8) is 0 Å². The first-order chi connectivity index (χ1) is 10.3. The molecule has 2 atom stereocenters. The van der Waals surface area contributed by atoms with Crippen molar-refractivity contribution >= 4 is 5.69 Å². The summed E-state index contributed by atoms with van der Waals surface area (Å²) in [6, 6.07) is 16.0. The van der Waals surface area contributed by atoms with E-state index in [1.54, 1.807) is 0 Å². The van der Waals surface area contributed by atoms with E-state index in [1.807, 2.05) is 0 Å². The Bertz CT molecular complexity index is 664. The third kappa shape index (κ3) is 2.39. The van der Waals surface area contributed by atoms with Gasteiger partial charge in [-0.1, -0.05) is 30.3 Å². The van der Waals surface area contributed by atoms with E-state index in [9.17, 15) is 0 Å². The zero-order valence-electron chi connectivity index (χ0n) is 12.4.